The molecule has 440 valence electrons. The van der Waals surface area contributed by atoms with Crippen LogP contribution in [0.5, 0.6) is 0 Å². The molecule has 0 aliphatic heterocycles. The topological polar surface area (TPSA) is 108 Å². The van der Waals surface area contributed by atoms with E-state index in [4.69, 9.17) is 9.05 Å². The molecule has 0 spiro atoms. The zero-order valence-corrected chi connectivity index (χ0v) is 51.1. The van der Waals surface area contributed by atoms with Gasteiger partial charge in [-0.2, -0.15) is 0 Å². The molecule has 1 amide bonds. The molecule has 0 aromatic carbocycles. The lowest BCUT2D eigenvalue weighted by Crippen LogP contribution is -2.45. The third kappa shape index (κ3) is 59.1. The molecule has 0 aromatic heterocycles. The molecule has 0 radical (unpaired) electrons. The van der Waals surface area contributed by atoms with Gasteiger partial charge in [0.1, 0.15) is 13.2 Å². The minimum Gasteiger partial charge on any atom is -0.756 e. The highest BCUT2D eigenvalue weighted by atomic mass is 31.2. The summed E-state index contributed by atoms with van der Waals surface area (Å²) in [5.74, 6) is -0.200. The van der Waals surface area contributed by atoms with Crippen LogP contribution in [0.3, 0.4) is 0 Å². The number of allylic oxidation sites excluding steroid dienone is 15. The minimum absolute atomic E-state index is 0.00406. The monoisotopic (exact) mass is 1080 g/mol. The molecule has 9 heteroatoms. The Bertz CT molecular complexity index is 1560. The summed E-state index contributed by atoms with van der Waals surface area (Å²) in [6.45, 7) is 4.55. The van der Waals surface area contributed by atoms with E-state index in [0.717, 1.165) is 83.5 Å². The van der Waals surface area contributed by atoms with E-state index in [0.29, 0.717) is 17.4 Å². The second-order valence-electron chi connectivity index (χ2n) is 22.4. The smallest absolute Gasteiger partial charge is 0.268 e. The molecule has 0 aliphatic rings. The Hall–Kier alpha value is -2.58. The van der Waals surface area contributed by atoms with Crippen LogP contribution in [-0.2, 0) is 18.4 Å². The molecule has 0 fully saturated rings. The fourth-order valence-corrected chi connectivity index (χ4v) is 9.62. The first-order chi connectivity index (χ1) is 37.0. The largest absolute Gasteiger partial charge is 0.756 e. The summed E-state index contributed by atoms with van der Waals surface area (Å²) >= 11 is 0. The summed E-state index contributed by atoms with van der Waals surface area (Å²) in [6, 6.07) is -0.893. The summed E-state index contributed by atoms with van der Waals surface area (Å²) in [7, 11) is 1.26. The first-order valence-electron chi connectivity index (χ1n) is 31.6. The van der Waals surface area contributed by atoms with E-state index in [1.807, 2.05) is 27.2 Å². The molecule has 3 unspecified atom stereocenters. The number of aliphatic hydroxyl groups is 1. The molecule has 0 saturated carbocycles. The lowest BCUT2D eigenvalue weighted by atomic mass is 10.0. The van der Waals surface area contributed by atoms with E-state index in [2.05, 4.69) is 104 Å². The number of phosphoric ester groups is 1. The van der Waals surface area contributed by atoms with E-state index >= 15 is 0 Å². The molecule has 76 heavy (non-hydrogen) atoms. The van der Waals surface area contributed by atoms with Crippen molar-refractivity contribution in [2.24, 2.45) is 0 Å². The number of amides is 1. The van der Waals surface area contributed by atoms with Crippen molar-refractivity contribution >= 4 is 13.7 Å². The van der Waals surface area contributed by atoms with Crippen molar-refractivity contribution < 1.29 is 32.9 Å². The molecule has 3 atom stereocenters. The fourth-order valence-electron chi connectivity index (χ4n) is 8.90. The van der Waals surface area contributed by atoms with E-state index in [-0.39, 0.29) is 19.1 Å². The summed E-state index contributed by atoms with van der Waals surface area (Å²) in [5, 5.41) is 13.9. The van der Waals surface area contributed by atoms with Crippen molar-refractivity contribution in [1.82, 2.24) is 5.32 Å². The van der Waals surface area contributed by atoms with Gasteiger partial charge in [-0.1, -0.05) is 284 Å². The van der Waals surface area contributed by atoms with Gasteiger partial charge in [0.15, 0.2) is 0 Å². The van der Waals surface area contributed by atoms with Crippen molar-refractivity contribution in [3.05, 3.63) is 97.2 Å². The first kappa shape index (κ1) is 73.4. The predicted octanol–water partition coefficient (Wildman–Crippen LogP) is 19.1. The molecule has 8 nitrogen and oxygen atoms in total. The number of nitrogens with zero attached hydrogens (tertiary/aromatic N) is 1. The van der Waals surface area contributed by atoms with Gasteiger partial charge in [0, 0.05) is 6.42 Å². The Morgan fingerprint density at radius 3 is 1.17 bits per heavy atom. The number of unbranched alkanes of at least 4 members (excludes halogenated alkanes) is 30. The maximum Gasteiger partial charge on any atom is 0.268 e. The number of hydrogen-bond acceptors (Lipinski definition) is 6. The minimum atomic E-state index is -4.60. The zero-order chi connectivity index (χ0) is 55.6. The number of rotatable bonds is 57. The van der Waals surface area contributed by atoms with Gasteiger partial charge >= 0.3 is 0 Å². The fraction of sp³-hybridized carbons (Fsp3) is 0.746. The van der Waals surface area contributed by atoms with E-state index < -0.39 is 20.0 Å². The Kier molecular flexibility index (Phi) is 55.2. The number of quaternary nitrogens is 1. The van der Waals surface area contributed by atoms with Crippen LogP contribution in [0.2, 0.25) is 0 Å². The number of likely N-dealkylation sites (N-methyl/N-ethyl adjacent to an activating group) is 1. The number of carbonyl (C=O) groups is 1. The van der Waals surface area contributed by atoms with Crippen LogP contribution in [0.1, 0.15) is 271 Å². The van der Waals surface area contributed by atoms with Crippen molar-refractivity contribution in [3.63, 3.8) is 0 Å². The normalized spacial score (nSPS) is 14.5. The molecule has 0 rings (SSSR count). The quantitative estimate of drug-likeness (QED) is 0.0272. The van der Waals surface area contributed by atoms with Gasteiger partial charge in [0.05, 0.1) is 39.9 Å². The Labute approximate surface area is 470 Å². The van der Waals surface area contributed by atoms with Gasteiger partial charge in [-0.3, -0.25) is 9.36 Å². The summed E-state index contributed by atoms with van der Waals surface area (Å²) in [5.41, 5.74) is 0. The van der Waals surface area contributed by atoms with Gasteiger partial charge in [-0.05, 0) is 77.0 Å². The molecule has 0 bridgehead atoms. The molecule has 0 heterocycles. The highest BCUT2D eigenvalue weighted by Gasteiger charge is 2.23. The lowest BCUT2D eigenvalue weighted by Gasteiger charge is -2.29. The second kappa shape index (κ2) is 57.1. The van der Waals surface area contributed by atoms with Gasteiger partial charge < -0.3 is 28.8 Å². The van der Waals surface area contributed by atoms with Crippen molar-refractivity contribution in [2.45, 2.75) is 283 Å². The molecule has 0 saturated heterocycles. The Morgan fingerprint density at radius 2 is 0.803 bits per heavy atom. The highest BCUT2D eigenvalue weighted by Crippen LogP contribution is 2.38. The number of nitrogens with one attached hydrogen (secondary N) is 1. The number of phosphoric acid groups is 1. The van der Waals surface area contributed by atoms with Crippen LogP contribution < -0.4 is 10.2 Å². The van der Waals surface area contributed by atoms with Gasteiger partial charge in [0.2, 0.25) is 5.91 Å². The standard InChI is InChI=1S/C67H121N2O6P/c1-6-8-10-12-14-16-18-20-22-24-26-27-28-29-30-31-32-33-34-35-36-37-38-39-40-41-43-45-47-49-51-53-55-57-59-61-67(71)68-65(64-75-76(72,73)74-63-62-69(3,4)5)66(70)60-58-56-54-52-50-48-46-44-42-25-23-21-19-17-15-13-11-9-7-2/h8,10,14,16,20,22,26-27,29-30,32-33,35-36,58,60,65-66,70H,6-7,9,11-13,15,17-19,21,23-25,28,31,34,37-57,59,61-64H2,1-5H3,(H-,68,71,72,73)/b10-8-,16-14-,22-20-,27-26-,30-29-,33-32-,36-35-,60-58+. The van der Waals surface area contributed by atoms with Crippen LogP contribution in [-0.4, -0.2) is 68.5 Å². The maximum atomic E-state index is 13.0. The molecule has 2 N–H and O–H groups in total. The van der Waals surface area contributed by atoms with E-state index in [1.54, 1.807) is 6.08 Å². The maximum absolute atomic E-state index is 13.0. The summed E-state index contributed by atoms with van der Waals surface area (Å²) in [6.07, 6.45) is 82.1. The lowest BCUT2D eigenvalue weighted by molar-refractivity contribution is -0.870. The van der Waals surface area contributed by atoms with Crippen LogP contribution in [0, 0.1) is 0 Å². The van der Waals surface area contributed by atoms with E-state index in [9.17, 15) is 19.4 Å². The van der Waals surface area contributed by atoms with Crippen molar-refractivity contribution in [3.8, 4) is 0 Å². The number of carbonyl (C=O) groups excluding carboxylic acids is 1. The second-order valence-corrected chi connectivity index (χ2v) is 23.8. The average Bonchev–Trinajstić information content (AvgIpc) is 3.38. The third-order valence-electron chi connectivity index (χ3n) is 13.8. The van der Waals surface area contributed by atoms with Crippen LogP contribution in [0.4, 0.5) is 0 Å². The predicted molar refractivity (Wildman–Crippen MR) is 329 cm³/mol. The van der Waals surface area contributed by atoms with Crippen LogP contribution in [0.15, 0.2) is 97.2 Å². The molecule has 0 aromatic rings. The van der Waals surface area contributed by atoms with E-state index in [1.165, 1.54) is 167 Å². The molecular weight excluding hydrogens is 960 g/mol. The van der Waals surface area contributed by atoms with Crippen molar-refractivity contribution in [2.75, 3.05) is 40.9 Å². The average molecular weight is 1080 g/mol. The Balaban J connectivity index is 4.12. The zero-order valence-electron chi connectivity index (χ0n) is 50.2. The SMILES string of the molecule is CC/C=C\C/C=C\C/C=C\C/C=C\C/C=C\C/C=C\C/C=C\CCCCCCCCCCCCCCCC(=O)NC(COP(=O)([O-])OCC[N+](C)(C)C)C(O)/C=C/CCCCCCCCCCCCCCCCCCC. The van der Waals surface area contributed by atoms with Gasteiger partial charge in [-0.15, -0.1) is 0 Å². The van der Waals surface area contributed by atoms with Crippen molar-refractivity contribution in [1.29, 1.82) is 0 Å². The van der Waals surface area contributed by atoms with Gasteiger partial charge in [-0.25, -0.2) is 0 Å². The van der Waals surface area contributed by atoms with Gasteiger partial charge in [0.25, 0.3) is 7.82 Å². The first-order valence-corrected chi connectivity index (χ1v) is 33.1. The van der Waals surface area contributed by atoms with Crippen LogP contribution in [0.25, 0.3) is 0 Å². The highest BCUT2D eigenvalue weighted by molar-refractivity contribution is 7.45. The summed E-state index contributed by atoms with van der Waals surface area (Å²) in [4.78, 5) is 25.6. The third-order valence-corrected chi connectivity index (χ3v) is 14.8. The summed E-state index contributed by atoms with van der Waals surface area (Å²) < 4.78 is 23.4. The Morgan fingerprint density at radius 1 is 0.474 bits per heavy atom. The molecular formula is C67H121N2O6P. The molecule has 0 aliphatic carbocycles. The number of aliphatic hydroxyl groups excluding tert-OH is 1. The van der Waals surface area contributed by atoms with Crippen LogP contribution >= 0.6 is 7.82 Å². The number of hydrogen-bond donors (Lipinski definition) is 2.